The molecule has 0 saturated carbocycles. The zero-order chi connectivity index (χ0) is 14.2. The molecule has 5 heteroatoms. The molecule has 5 nitrogen and oxygen atoms in total. The van der Waals surface area contributed by atoms with Crippen molar-refractivity contribution in [1.82, 2.24) is 4.90 Å². The van der Waals surface area contributed by atoms with Crippen molar-refractivity contribution in [2.24, 2.45) is 5.73 Å². The molecule has 19 heavy (non-hydrogen) atoms. The van der Waals surface area contributed by atoms with Crippen LogP contribution in [0.1, 0.15) is 23.6 Å². The van der Waals surface area contributed by atoms with Gasteiger partial charge in [0.15, 0.2) is 0 Å². The molecular formula is C14H19N3O2. The number of nitrogens with zero attached hydrogens (tertiary/aromatic N) is 2. The van der Waals surface area contributed by atoms with Crippen molar-refractivity contribution < 1.29 is 9.59 Å². The number of fused-ring (bicyclic) bond motifs is 1. The largest absolute Gasteiger partial charge is 0.347 e. The summed E-state index contributed by atoms with van der Waals surface area (Å²) in [7, 11) is 5.14. The van der Waals surface area contributed by atoms with Crippen molar-refractivity contribution in [3.05, 3.63) is 29.3 Å². The number of hydrogen-bond donors (Lipinski definition) is 1. The number of carbonyl (C=O) groups excluding carboxylic acids is 2. The van der Waals surface area contributed by atoms with Gasteiger partial charge in [0.05, 0.1) is 0 Å². The molecule has 1 aliphatic rings. The van der Waals surface area contributed by atoms with Gasteiger partial charge in [-0.05, 0) is 23.6 Å². The molecule has 0 bridgehead atoms. The number of aryl methyl sites for hydroxylation is 1. The molecule has 2 rings (SSSR count). The second-order valence-electron chi connectivity index (χ2n) is 5.05. The first-order chi connectivity index (χ1) is 8.91. The molecule has 102 valence electrons. The van der Waals surface area contributed by atoms with Gasteiger partial charge in [0.1, 0.15) is 6.04 Å². The summed E-state index contributed by atoms with van der Waals surface area (Å²) in [5, 5.41) is 0. The highest BCUT2D eigenvalue weighted by Gasteiger charge is 2.23. The fraction of sp³-hybridized carbons (Fsp3) is 0.429. The highest BCUT2D eigenvalue weighted by molar-refractivity contribution is 5.96. The van der Waals surface area contributed by atoms with Crippen molar-refractivity contribution in [1.29, 1.82) is 0 Å². The first kappa shape index (κ1) is 13.5. The van der Waals surface area contributed by atoms with Gasteiger partial charge >= 0.3 is 0 Å². The molecule has 0 aromatic heterocycles. The number of hydrogen-bond acceptors (Lipinski definition) is 3. The minimum Gasteiger partial charge on any atom is -0.347 e. The van der Waals surface area contributed by atoms with E-state index in [2.05, 4.69) is 0 Å². The van der Waals surface area contributed by atoms with Crippen molar-refractivity contribution in [2.75, 3.05) is 26.0 Å². The van der Waals surface area contributed by atoms with E-state index >= 15 is 0 Å². The molecule has 0 saturated heterocycles. The van der Waals surface area contributed by atoms with E-state index in [-0.39, 0.29) is 11.8 Å². The SMILES string of the molecule is CN(C)C(=O)C(N)c1ccc2c(c1)CCC(=O)N2C. The number of rotatable bonds is 2. The van der Waals surface area contributed by atoms with Gasteiger partial charge in [0.2, 0.25) is 11.8 Å². The third-order valence-electron chi connectivity index (χ3n) is 3.51. The Hall–Kier alpha value is -1.88. The molecule has 1 aliphatic heterocycles. The van der Waals surface area contributed by atoms with Crippen LogP contribution in [-0.4, -0.2) is 37.9 Å². The van der Waals surface area contributed by atoms with Crippen LogP contribution in [0.3, 0.4) is 0 Å². The Morgan fingerprint density at radius 1 is 1.37 bits per heavy atom. The van der Waals surface area contributed by atoms with E-state index in [1.165, 1.54) is 4.90 Å². The van der Waals surface area contributed by atoms with Gasteiger partial charge in [-0.15, -0.1) is 0 Å². The van der Waals surface area contributed by atoms with E-state index in [4.69, 9.17) is 5.73 Å². The maximum Gasteiger partial charge on any atom is 0.243 e. The average Bonchev–Trinajstić information content (AvgIpc) is 2.40. The summed E-state index contributed by atoms with van der Waals surface area (Å²) in [6.07, 6.45) is 1.21. The lowest BCUT2D eigenvalue weighted by molar-refractivity contribution is -0.130. The molecule has 1 aromatic rings. The zero-order valence-electron chi connectivity index (χ0n) is 11.5. The summed E-state index contributed by atoms with van der Waals surface area (Å²) in [6, 6.07) is 4.97. The number of likely N-dealkylation sites (N-methyl/N-ethyl adjacent to an activating group) is 1. The second kappa shape index (κ2) is 5.01. The molecule has 0 fully saturated rings. The van der Waals surface area contributed by atoms with E-state index in [0.29, 0.717) is 12.8 Å². The van der Waals surface area contributed by atoms with Gasteiger partial charge in [-0.2, -0.15) is 0 Å². The minimum atomic E-state index is -0.650. The van der Waals surface area contributed by atoms with Crippen LogP contribution >= 0.6 is 0 Å². The van der Waals surface area contributed by atoms with E-state index < -0.39 is 6.04 Å². The summed E-state index contributed by atoms with van der Waals surface area (Å²) in [6.45, 7) is 0. The highest BCUT2D eigenvalue weighted by Crippen LogP contribution is 2.29. The lowest BCUT2D eigenvalue weighted by Gasteiger charge is -2.27. The third kappa shape index (κ3) is 2.46. The fourth-order valence-electron chi connectivity index (χ4n) is 2.29. The quantitative estimate of drug-likeness (QED) is 0.851. The number of amides is 2. The van der Waals surface area contributed by atoms with E-state index in [1.807, 2.05) is 18.2 Å². The first-order valence-electron chi connectivity index (χ1n) is 6.28. The van der Waals surface area contributed by atoms with Crippen molar-refractivity contribution in [3.8, 4) is 0 Å². The molecule has 2 N–H and O–H groups in total. The molecule has 2 amide bonds. The Morgan fingerprint density at radius 2 is 2.05 bits per heavy atom. The lowest BCUT2D eigenvalue weighted by Crippen LogP contribution is -2.34. The van der Waals surface area contributed by atoms with E-state index in [1.54, 1.807) is 26.0 Å². The van der Waals surface area contributed by atoms with Gasteiger partial charge in [-0.25, -0.2) is 0 Å². The van der Waals surface area contributed by atoms with Crippen LogP contribution in [0.15, 0.2) is 18.2 Å². The first-order valence-corrected chi connectivity index (χ1v) is 6.28. The summed E-state index contributed by atoms with van der Waals surface area (Å²) in [5.74, 6) is -0.00546. The van der Waals surface area contributed by atoms with Crippen LogP contribution in [-0.2, 0) is 16.0 Å². The van der Waals surface area contributed by atoms with E-state index in [9.17, 15) is 9.59 Å². The van der Waals surface area contributed by atoms with Crippen LogP contribution in [0.4, 0.5) is 5.69 Å². The molecule has 1 aromatic carbocycles. The van der Waals surface area contributed by atoms with Crippen LogP contribution in [0.25, 0.3) is 0 Å². The zero-order valence-corrected chi connectivity index (χ0v) is 11.5. The summed E-state index contributed by atoms with van der Waals surface area (Å²) in [4.78, 5) is 26.6. The normalized spacial score (nSPS) is 16.0. The predicted molar refractivity (Wildman–Crippen MR) is 73.8 cm³/mol. The Labute approximate surface area is 113 Å². The van der Waals surface area contributed by atoms with Gasteiger partial charge < -0.3 is 15.5 Å². The molecular weight excluding hydrogens is 242 g/mol. The molecule has 1 unspecified atom stereocenters. The third-order valence-corrected chi connectivity index (χ3v) is 3.51. The van der Waals surface area contributed by atoms with E-state index in [0.717, 1.165) is 16.8 Å². The maximum atomic E-state index is 11.9. The predicted octanol–water partition coefficient (Wildman–Crippen LogP) is 0.684. The highest BCUT2D eigenvalue weighted by atomic mass is 16.2. The van der Waals surface area contributed by atoms with Crippen LogP contribution in [0, 0.1) is 0 Å². The standard InChI is InChI=1S/C14H19N3O2/c1-16(2)14(19)13(15)10-4-6-11-9(8-10)5-7-12(18)17(11)3/h4,6,8,13H,5,7,15H2,1-3H3. The maximum absolute atomic E-state index is 11.9. The van der Waals surface area contributed by atoms with Crippen molar-refractivity contribution >= 4 is 17.5 Å². The second-order valence-corrected chi connectivity index (χ2v) is 5.05. The monoisotopic (exact) mass is 261 g/mol. The molecule has 0 spiro atoms. The smallest absolute Gasteiger partial charge is 0.243 e. The van der Waals surface area contributed by atoms with Crippen LogP contribution < -0.4 is 10.6 Å². The lowest BCUT2D eigenvalue weighted by atomic mass is 9.96. The molecule has 0 radical (unpaired) electrons. The summed E-state index contributed by atoms with van der Waals surface area (Å²) >= 11 is 0. The van der Waals surface area contributed by atoms with Crippen molar-refractivity contribution in [3.63, 3.8) is 0 Å². The van der Waals surface area contributed by atoms with Crippen molar-refractivity contribution in [2.45, 2.75) is 18.9 Å². The van der Waals surface area contributed by atoms with Gasteiger partial charge in [-0.1, -0.05) is 12.1 Å². The Balaban J connectivity index is 2.32. The molecule has 1 atom stereocenters. The van der Waals surface area contributed by atoms with Gasteiger partial charge in [-0.3, -0.25) is 9.59 Å². The molecule has 0 aliphatic carbocycles. The molecule has 1 heterocycles. The number of benzene rings is 1. The topological polar surface area (TPSA) is 66.6 Å². The average molecular weight is 261 g/mol. The Bertz CT molecular complexity index is 525. The Kier molecular flexibility index (Phi) is 3.57. The fourth-order valence-corrected chi connectivity index (χ4v) is 2.29. The van der Waals surface area contributed by atoms with Gasteiger partial charge in [0.25, 0.3) is 0 Å². The van der Waals surface area contributed by atoms with Crippen LogP contribution in [0.5, 0.6) is 0 Å². The van der Waals surface area contributed by atoms with Crippen LogP contribution in [0.2, 0.25) is 0 Å². The number of anilines is 1. The number of nitrogens with two attached hydrogens (primary N) is 1. The van der Waals surface area contributed by atoms with Gasteiger partial charge in [0, 0.05) is 33.3 Å². The Morgan fingerprint density at radius 3 is 2.68 bits per heavy atom. The minimum absolute atomic E-state index is 0.119. The summed E-state index contributed by atoms with van der Waals surface area (Å²) < 4.78 is 0. The summed E-state index contributed by atoms with van der Waals surface area (Å²) in [5.41, 5.74) is 8.73. The number of carbonyl (C=O) groups is 2.